The summed E-state index contributed by atoms with van der Waals surface area (Å²) in [7, 11) is 3.41. The predicted molar refractivity (Wildman–Crippen MR) is 243 cm³/mol. The van der Waals surface area contributed by atoms with Crippen molar-refractivity contribution in [2.24, 2.45) is 17.6 Å². The lowest BCUT2D eigenvalue weighted by molar-refractivity contribution is -0.154. The summed E-state index contributed by atoms with van der Waals surface area (Å²) in [5.74, 6) is -0.370. The van der Waals surface area contributed by atoms with E-state index in [0.29, 0.717) is 51.7 Å². The molecule has 11 nitrogen and oxygen atoms in total. The molecule has 1 rings (SSSR count). The number of nitrogens with two attached hydrogens (primary N) is 1. The minimum atomic E-state index is -0.709. The summed E-state index contributed by atoms with van der Waals surface area (Å²) in [5.41, 5.74) is 8.73. The molecule has 0 radical (unpaired) electrons. The van der Waals surface area contributed by atoms with Crippen LogP contribution < -0.4 is 5.73 Å². The molecule has 0 aromatic carbocycles. The number of hydrogen-bond donors (Lipinski definition) is 2. The van der Waals surface area contributed by atoms with E-state index < -0.39 is 17.8 Å². The van der Waals surface area contributed by atoms with Gasteiger partial charge in [0.15, 0.2) is 0 Å². The number of amides is 1. The Morgan fingerprint density at radius 2 is 1.63 bits per heavy atom. The molecule has 60 heavy (non-hydrogen) atoms. The smallest absolute Gasteiger partial charge is 0.293 e. The zero-order valence-electron chi connectivity index (χ0n) is 39.2. The van der Waals surface area contributed by atoms with Crippen molar-refractivity contribution in [3.8, 4) is 0 Å². The number of Topliss-reactive ketones (excluding diaryl/α,β-unsaturated/α-hetero) is 2. The first-order chi connectivity index (χ1) is 28.9. The van der Waals surface area contributed by atoms with Gasteiger partial charge in [0.25, 0.3) is 5.91 Å². The first-order valence-corrected chi connectivity index (χ1v) is 23.1. The van der Waals surface area contributed by atoms with Gasteiger partial charge >= 0.3 is 0 Å². The van der Waals surface area contributed by atoms with Gasteiger partial charge in [-0.2, -0.15) is 0 Å². The highest BCUT2D eigenvalue weighted by molar-refractivity contribution is 6.37. The van der Waals surface area contributed by atoms with E-state index in [1.165, 1.54) is 0 Å². The Labute approximate surface area is 364 Å². The average molecular weight is 847 g/mol. The Morgan fingerprint density at radius 1 is 0.867 bits per heavy atom. The van der Waals surface area contributed by atoms with Crippen LogP contribution in [0.5, 0.6) is 0 Å². The van der Waals surface area contributed by atoms with Crippen LogP contribution in [-0.2, 0) is 38.1 Å². The van der Waals surface area contributed by atoms with Crippen molar-refractivity contribution >= 4 is 17.5 Å². The number of methoxy groups -OCH3 is 2. The standard InChI is InChI=1S/C49H86N2O9/c1-10-31-59-47(12-3)48(54)49(55)51-29-21-20-25-42(51)35-60-43(28-27-41(11-2)33-44(57-9)36-58-32-30-52)26-19-18-23-38(5)45(50)34-46(53)39(6)24-17-15-13-14-16-22-37(4)40(7)56-8/h13-16,22-23,39-45,47,52H,10-12,17-21,24-36,50H2,1-9H3/b15-13+,16-14+,37-22+,38-23+/t39-,40+,41+,42+,43+,44-,45+,47?/m1/s1. The second-order valence-electron chi connectivity index (χ2n) is 16.7. The molecule has 0 aliphatic carbocycles. The second kappa shape index (κ2) is 34.0. The number of carbonyl (C=O) groups is 3. The summed E-state index contributed by atoms with van der Waals surface area (Å²) >= 11 is 0. The van der Waals surface area contributed by atoms with Crippen LogP contribution in [0.1, 0.15) is 145 Å². The highest BCUT2D eigenvalue weighted by Crippen LogP contribution is 2.25. The van der Waals surface area contributed by atoms with E-state index in [2.05, 4.69) is 19.1 Å². The lowest BCUT2D eigenvalue weighted by Crippen LogP contribution is -2.51. The molecule has 1 fully saturated rings. The number of ether oxygens (including phenoxy) is 5. The van der Waals surface area contributed by atoms with Crippen LogP contribution in [0.3, 0.4) is 0 Å². The normalized spacial score (nSPS) is 19.1. The fourth-order valence-electron chi connectivity index (χ4n) is 7.39. The van der Waals surface area contributed by atoms with Gasteiger partial charge in [-0.05, 0) is 116 Å². The van der Waals surface area contributed by atoms with Crippen LogP contribution in [0.2, 0.25) is 0 Å². The Balaban J connectivity index is 2.88. The topological polar surface area (TPSA) is 147 Å². The number of allylic oxidation sites excluding steroid dienone is 6. The maximum absolute atomic E-state index is 13.5. The number of piperidine rings is 1. The molecule has 1 amide bonds. The number of rotatable bonds is 35. The van der Waals surface area contributed by atoms with Gasteiger partial charge in [-0.25, -0.2) is 0 Å². The number of carbonyl (C=O) groups excluding carboxylic acids is 3. The van der Waals surface area contributed by atoms with Crippen LogP contribution in [0.25, 0.3) is 0 Å². The van der Waals surface area contributed by atoms with E-state index >= 15 is 0 Å². The van der Waals surface area contributed by atoms with E-state index in [9.17, 15) is 14.4 Å². The SMILES string of the molecule is CCCOC(CC)C(=O)C(=O)N1CCCC[C@H]1CO[C@@H](CCC/C=C(\C)[C@@H](N)CC(=O)[C@H](C)CC/C=C/C=C/C=C(\C)[C@H](C)OC)CC[C@H](CC)C[C@H](COCCO)OC. The summed E-state index contributed by atoms with van der Waals surface area (Å²) in [4.78, 5) is 41.5. The molecule has 0 aromatic heterocycles. The van der Waals surface area contributed by atoms with Gasteiger partial charge in [-0.3, -0.25) is 14.4 Å². The molecule has 1 saturated heterocycles. The third-order valence-electron chi connectivity index (χ3n) is 12.0. The molecule has 3 N–H and O–H groups in total. The number of aliphatic hydroxyl groups excluding tert-OH is 1. The molecular weight excluding hydrogens is 761 g/mol. The summed E-state index contributed by atoms with van der Waals surface area (Å²) in [5, 5.41) is 9.13. The number of hydrogen-bond acceptors (Lipinski definition) is 10. The van der Waals surface area contributed by atoms with Crippen molar-refractivity contribution in [2.75, 3.05) is 53.8 Å². The minimum Gasteiger partial charge on any atom is -0.394 e. The molecule has 1 heterocycles. The van der Waals surface area contributed by atoms with Crippen LogP contribution in [0.4, 0.5) is 0 Å². The predicted octanol–water partition coefficient (Wildman–Crippen LogP) is 8.66. The molecule has 0 aromatic rings. The van der Waals surface area contributed by atoms with Gasteiger partial charge in [0.2, 0.25) is 5.78 Å². The Morgan fingerprint density at radius 3 is 2.30 bits per heavy atom. The maximum atomic E-state index is 13.5. The molecular formula is C49H86N2O9. The highest BCUT2D eigenvalue weighted by atomic mass is 16.5. The molecule has 1 aliphatic rings. The van der Waals surface area contributed by atoms with Gasteiger partial charge < -0.3 is 39.4 Å². The fourth-order valence-corrected chi connectivity index (χ4v) is 7.39. The minimum absolute atomic E-state index is 0.0139. The zero-order chi connectivity index (χ0) is 44.7. The van der Waals surface area contributed by atoms with Gasteiger partial charge in [0, 0.05) is 45.8 Å². The monoisotopic (exact) mass is 847 g/mol. The molecule has 346 valence electrons. The first-order valence-electron chi connectivity index (χ1n) is 23.1. The molecule has 0 spiro atoms. The maximum Gasteiger partial charge on any atom is 0.293 e. The molecule has 8 atom stereocenters. The van der Waals surface area contributed by atoms with Gasteiger partial charge in [0.1, 0.15) is 11.9 Å². The third-order valence-corrected chi connectivity index (χ3v) is 12.0. The summed E-state index contributed by atoms with van der Waals surface area (Å²) in [6.07, 6.45) is 23.7. The molecule has 0 bridgehead atoms. The van der Waals surface area contributed by atoms with Crippen LogP contribution in [0.15, 0.2) is 47.6 Å². The van der Waals surface area contributed by atoms with Crippen molar-refractivity contribution in [1.29, 1.82) is 0 Å². The fraction of sp³-hybridized carbons (Fsp3) is 0.776. The van der Waals surface area contributed by atoms with Crippen molar-refractivity contribution in [1.82, 2.24) is 4.90 Å². The van der Waals surface area contributed by atoms with Crippen LogP contribution >= 0.6 is 0 Å². The molecule has 0 saturated carbocycles. The Kier molecular flexibility index (Phi) is 31.5. The van der Waals surface area contributed by atoms with Crippen LogP contribution in [-0.4, -0.2) is 118 Å². The van der Waals surface area contributed by atoms with Gasteiger partial charge in [0.05, 0.1) is 50.8 Å². The number of ketones is 2. The average Bonchev–Trinajstić information content (AvgIpc) is 3.26. The van der Waals surface area contributed by atoms with Crippen molar-refractivity contribution < 1.29 is 43.2 Å². The first kappa shape index (κ1) is 55.5. The second-order valence-corrected chi connectivity index (χ2v) is 16.7. The summed E-state index contributed by atoms with van der Waals surface area (Å²) < 4.78 is 29.0. The van der Waals surface area contributed by atoms with Gasteiger partial charge in [-0.1, -0.05) is 76.1 Å². The highest BCUT2D eigenvalue weighted by Gasteiger charge is 2.35. The molecule has 1 aliphatic heterocycles. The van der Waals surface area contributed by atoms with Crippen LogP contribution in [0, 0.1) is 11.8 Å². The zero-order valence-corrected chi connectivity index (χ0v) is 39.2. The largest absolute Gasteiger partial charge is 0.394 e. The van der Waals surface area contributed by atoms with E-state index in [1.54, 1.807) is 19.1 Å². The Bertz CT molecular complexity index is 1300. The molecule has 1 unspecified atom stereocenters. The number of likely N-dealkylation sites (tertiary alicyclic amines) is 1. The Hall–Kier alpha value is -2.51. The van der Waals surface area contributed by atoms with E-state index in [0.717, 1.165) is 94.6 Å². The quantitative estimate of drug-likeness (QED) is 0.0275. The van der Waals surface area contributed by atoms with E-state index in [1.807, 2.05) is 65.8 Å². The summed E-state index contributed by atoms with van der Waals surface area (Å²) in [6, 6.07) is -0.465. The van der Waals surface area contributed by atoms with Crippen molar-refractivity contribution in [2.45, 2.75) is 181 Å². The van der Waals surface area contributed by atoms with Crippen molar-refractivity contribution in [3.05, 3.63) is 47.6 Å². The summed E-state index contributed by atoms with van der Waals surface area (Å²) in [6.45, 7) is 16.3. The van der Waals surface area contributed by atoms with E-state index in [4.69, 9.17) is 34.5 Å². The lowest BCUT2D eigenvalue weighted by Gasteiger charge is -2.36. The number of nitrogens with zero attached hydrogens (tertiary/aromatic N) is 1. The van der Waals surface area contributed by atoms with Crippen molar-refractivity contribution in [3.63, 3.8) is 0 Å². The van der Waals surface area contributed by atoms with E-state index in [-0.39, 0.29) is 48.7 Å². The lowest BCUT2D eigenvalue weighted by atomic mass is 9.91. The third kappa shape index (κ3) is 23.1. The number of aliphatic hydroxyl groups is 1. The molecule has 11 heteroatoms. The number of unbranched alkanes of at least 4 members (excludes halogenated alkanes) is 1. The van der Waals surface area contributed by atoms with Gasteiger partial charge in [-0.15, -0.1) is 0 Å².